The normalized spacial score (nSPS) is 12.0. The number of hydrogen-bond acceptors (Lipinski definition) is 3. The number of benzene rings is 1. The van der Waals surface area contributed by atoms with Crippen molar-refractivity contribution in [2.75, 3.05) is 5.33 Å². The highest BCUT2D eigenvalue weighted by Gasteiger charge is 2.23. The molecule has 1 rings (SSSR count). The molecule has 0 saturated heterocycles. The number of hydrogen-bond donors (Lipinski definition) is 1. The predicted molar refractivity (Wildman–Crippen MR) is 77.2 cm³/mol. The second-order valence-corrected chi connectivity index (χ2v) is 5.09. The molecule has 0 spiro atoms. The van der Waals surface area contributed by atoms with Crippen molar-refractivity contribution in [1.82, 2.24) is 5.32 Å². The lowest BCUT2D eigenvalue weighted by molar-refractivity contribution is -0.119. The van der Waals surface area contributed by atoms with E-state index in [1.165, 1.54) is 0 Å². The van der Waals surface area contributed by atoms with Gasteiger partial charge >= 0.3 is 6.09 Å². The fourth-order valence-corrected chi connectivity index (χ4v) is 1.94. The molecule has 0 fully saturated rings. The molecule has 0 aliphatic rings. The van der Waals surface area contributed by atoms with Gasteiger partial charge in [0, 0.05) is 0 Å². The minimum absolute atomic E-state index is 0.0225. The first-order chi connectivity index (χ1) is 9.04. The Morgan fingerprint density at radius 3 is 2.42 bits per heavy atom. The number of nitrogens with one attached hydrogen (secondary N) is 1. The molecule has 0 unspecified atom stereocenters. The molecule has 1 N–H and O–H groups in total. The van der Waals surface area contributed by atoms with E-state index in [2.05, 4.69) is 21.2 Å². The van der Waals surface area contributed by atoms with E-state index >= 15 is 0 Å². The van der Waals surface area contributed by atoms with Crippen molar-refractivity contribution in [2.45, 2.75) is 26.5 Å². The summed E-state index contributed by atoms with van der Waals surface area (Å²) >= 11 is 3.11. The first-order valence-corrected chi connectivity index (χ1v) is 7.22. The summed E-state index contributed by atoms with van der Waals surface area (Å²) < 4.78 is 5.09. The Labute approximate surface area is 121 Å². The van der Waals surface area contributed by atoms with Gasteiger partial charge in [0.2, 0.25) is 0 Å². The van der Waals surface area contributed by atoms with E-state index in [9.17, 15) is 9.59 Å². The van der Waals surface area contributed by atoms with Gasteiger partial charge in [-0.3, -0.25) is 4.79 Å². The van der Waals surface area contributed by atoms with Crippen LogP contribution in [0.15, 0.2) is 30.3 Å². The van der Waals surface area contributed by atoms with Gasteiger partial charge < -0.3 is 10.1 Å². The highest BCUT2D eigenvalue weighted by molar-refractivity contribution is 9.09. The van der Waals surface area contributed by atoms with Gasteiger partial charge in [0.15, 0.2) is 5.78 Å². The summed E-state index contributed by atoms with van der Waals surface area (Å²) in [5.74, 6) is -0.0408. The fraction of sp³-hybridized carbons (Fsp3) is 0.429. The molecule has 19 heavy (non-hydrogen) atoms. The molecule has 0 aliphatic heterocycles. The number of amides is 1. The molecule has 0 saturated carbocycles. The van der Waals surface area contributed by atoms with Crippen molar-refractivity contribution in [3.05, 3.63) is 35.9 Å². The van der Waals surface area contributed by atoms with E-state index in [1.807, 2.05) is 44.2 Å². The number of Topliss-reactive ketones (excluding diaryl/α,β-unsaturated/α-hetero) is 1. The number of alkyl carbamates (subject to hydrolysis) is 1. The maximum atomic E-state index is 11.7. The lowest BCUT2D eigenvalue weighted by Crippen LogP contribution is -2.45. The molecule has 1 amide bonds. The monoisotopic (exact) mass is 327 g/mol. The minimum atomic E-state index is -0.572. The van der Waals surface area contributed by atoms with Gasteiger partial charge in [0.25, 0.3) is 0 Å². The van der Waals surface area contributed by atoms with Crippen LogP contribution < -0.4 is 5.32 Å². The molecule has 0 aliphatic carbocycles. The predicted octanol–water partition coefficient (Wildman–Crippen LogP) is 2.90. The molecule has 104 valence electrons. The highest BCUT2D eigenvalue weighted by Crippen LogP contribution is 2.06. The first kappa shape index (κ1) is 15.7. The molecule has 1 atom stereocenters. The molecule has 5 heteroatoms. The van der Waals surface area contributed by atoms with Crippen LogP contribution in [0.3, 0.4) is 0 Å². The summed E-state index contributed by atoms with van der Waals surface area (Å²) in [4.78, 5) is 23.3. The molecule has 1 aromatic rings. The third-order valence-electron chi connectivity index (χ3n) is 2.63. The lowest BCUT2D eigenvalue weighted by atomic mass is 10.0. The second kappa shape index (κ2) is 7.94. The van der Waals surface area contributed by atoms with Gasteiger partial charge in [-0.15, -0.1) is 0 Å². The van der Waals surface area contributed by atoms with Crippen LogP contribution in [-0.4, -0.2) is 23.2 Å². The van der Waals surface area contributed by atoms with E-state index in [4.69, 9.17) is 4.74 Å². The van der Waals surface area contributed by atoms with Gasteiger partial charge in [0.1, 0.15) is 6.61 Å². The Morgan fingerprint density at radius 1 is 1.26 bits per heavy atom. The van der Waals surface area contributed by atoms with Crippen molar-refractivity contribution >= 4 is 27.8 Å². The zero-order valence-corrected chi connectivity index (χ0v) is 12.6. The maximum absolute atomic E-state index is 11.7. The van der Waals surface area contributed by atoms with Gasteiger partial charge in [-0.1, -0.05) is 60.1 Å². The molecule has 0 heterocycles. The number of ketones is 1. The van der Waals surface area contributed by atoms with Crippen LogP contribution in [0.2, 0.25) is 0 Å². The summed E-state index contributed by atoms with van der Waals surface area (Å²) in [5, 5.41) is 2.81. The van der Waals surface area contributed by atoms with Crippen LogP contribution in [0.5, 0.6) is 0 Å². The summed E-state index contributed by atoms with van der Waals surface area (Å²) in [6, 6.07) is 8.87. The van der Waals surface area contributed by atoms with Crippen LogP contribution in [0.25, 0.3) is 0 Å². The molecular formula is C14H18BrNO3. The van der Waals surface area contributed by atoms with Crippen LogP contribution in [0, 0.1) is 5.92 Å². The number of rotatable bonds is 6. The molecule has 0 radical (unpaired) electrons. The third kappa shape index (κ3) is 5.42. The molecule has 0 aromatic heterocycles. The quantitative estimate of drug-likeness (QED) is 0.817. The Hall–Kier alpha value is -1.36. The van der Waals surface area contributed by atoms with E-state index in [0.29, 0.717) is 0 Å². The SMILES string of the molecule is CC(C)[C@H](NC(=O)OCc1ccccc1)C(=O)CBr. The van der Waals surface area contributed by atoms with E-state index < -0.39 is 12.1 Å². The average Bonchev–Trinajstić information content (AvgIpc) is 2.42. The van der Waals surface area contributed by atoms with Crippen LogP contribution in [0.4, 0.5) is 4.79 Å². The Kier molecular flexibility index (Phi) is 6.56. The van der Waals surface area contributed by atoms with Crippen molar-refractivity contribution < 1.29 is 14.3 Å². The fourth-order valence-electron chi connectivity index (χ4n) is 1.59. The second-order valence-electron chi connectivity index (χ2n) is 4.53. The Balaban J connectivity index is 2.47. The molecular weight excluding hydrogens is 310 g/mol. The highest BCUT2D eigenvalue weighted by atomic mass is 79.9. The van der Waals surface area contributed by atoms with E-state index in [-0.39, 0.29) is 23.6 Å². The summed E-state index contributed by atoms with van der Waals surface area (Å²) in [6.07, 6.45) is -0.572. The number of carbonyl (C=O) groups is 2. The molecule has 0 bridgehead atoms. The van der Waals surface area contributed by atoms with Crippen LogP contribution in [0.1, 0.15) is 19.4 Å². The van der Waals surface area contributed by atoms with Gasteiger partial charge in [-0.2, -0.15) is 0 Å². The Morgan fingerprint density at radius 2 is 1.89 bits per heavy atom. The van der Waals surface area contributed by atoms with E-state index in [1.54, 1.807) is 0 Å². The van der Waals surface area contributed by atoms with Crippen molar-refractivity contribution in [3.63, 3.8) is 0 Å². The van der Waals surface area contributed by atoms with Crippen molar-refractivity contribution in [2.24, 2.45) is 5.92 Å². The number of carbonyl (C=O) groups excluding carboxylic acids is 2. The standard InChI is InChI=1S/C14H18BrNO3/c1-10(2)13(12(17)8-15)16-14(18)19-9-11-6-4-3-5-7-11/h3-7,10,13H,8-9H2,1-2H3,(H,16,18)/t13-/m0/s1. The Bertz CT molecular complexity index is 420. The number of alkyl halides is 1. The summed E-state index contributed by atoms with van der Waals surface area (Å²) in [7, 11) is 0. The zero-order chi connectivity index (χ0) is 14.3. The number of halogens is 1. The largest absolute Gasteiger partial charge is 0.445 e. The number of ether oxygens (including phenoxy) is 1. The molecule has 4 nitrogen and oxygen atoms in total. The zero-order valence-electron chi connectivity index (χ0n) is 11.1. The van der Waals surface area contributed by atoms with Gasteiger partial charge in [-0.05, 0) is 11.5 Å². The summed E-state index contributed by atoms with van der Waals surface area (Å²) in [6.45, 7) is 3.95. The minimum Gasteiger partial charge on any atom is -0.445 e. The van der Waals surface area contributed by atoms with E-state index in [0.717, 1.165) is 5.56 Å². The van der Waals surface area contributed by atoms with Crippen molar-refractivity contribution in [1.29, 1.82) is 0 Å². The first-order valence-electron chi connectivity index (χ1n) is 6.10. The van der Waals surface area contributed by atoms with Crippen molar-refractivity contribution in [3.8, 4) is 0 Å². The van der Waals surface area contributed by atoms with Crippen LogP contribution >= 0.6 is 15.9 Å². The molecule has 1 aromatic carbocycles. The lowest BCUT2D eigenvalue weighted by Gasteiger charge is -2.19. The summed E-state index contributed by atoms with van der Waals surface area (Å²) in [5.41, 5.74) is 0.908. The third-order valence-corrected chi connectivity index (χ3v) is 3.18. The maximum Gasteiger partial charge on any atom is 0.408 e. The topological polar surface area (TPSA) is 55.4 Å². The smallest absolute Gasteiger partial charge is 0.408 e. The van der Waals surface area contributed by atoms with Gasteiger partial charge in [-0.25, -0.2) is 4.79 Å². The average molecular weight is 328 g/mol. The van der Waals surface area contributed by atoms with Gasteiger partial charge in [0.05, 0.1) is 11.4 Å². The van der Waals surface area contributed by atoms with Crippen LogP contribution in [-0.2, 0) is 16.1 Å².